The number of nitrogens with zero attached hydrogens (tertiary/aromatic N) is 1. The molecule has 0 heterocycles. The summed E-state index contributed by atoms with van der Waals surface area (Å²) in [5.74, 6) is -0.103. The van der Waals surface area contributed by atoms with Gasteiger partial charge in [0.15, 0.2) is 0 Å². The van der Waals surface area contributed by atoms with E-state index in [0.29, 0.717) is 18.8 Å². The van der Waals surface area contributed by atoms with Crippen LogP contribution in [0.1, 0.15) is 58.3 Å². The Morgan fingerprint density at radius 1 is 1.24 bits per heavy atom. The molecule has 2 rings (SSSR count). The molecule has 2 saturated carbocycles. The monoisotopic (exact) mass is 296 g/mol. The zero-order valence-electron chi connectivity index (χ0n) is 13.2. The minimum Gasteiger partial charge on any atom is -0.481 e. The number of carboxylic acid groups (broad SMARTS) is 1. The molecular weight excluding hydrogens is 268 g/mol. The van der Waals surface area contributed by atoms with Gasteiger partial charge < -0.3 is 15.3 Å². The van der Waals surface area contributed by atoms with Gasteiger partial charge in [0.05, 0.1) is 5.41 Å². The minimum atomic E-state index is -0.769. The molecule has 0 radical (unpaired) electrons. The number of aliphatic carboxylic acids is 1. The summed E-state index contributed by atoms with van der Waals surface area (Å²) < 4.78 is 0. The SMILES string of the molecule is CC1CCCC(N(C)C(=O)NCC2(C(=O)O)CCCC2)C1. The number of carboxylic acids is 1. The van der Waals surface area contributed by atoms with Crippen molar-refractivity contribution in [3.8, 4) is 0 Å². The van der Waals surface area contributed by atoms with Gasteiger partial charge in [0, 0.05) is 19.6 Å². The third-order valence-electron chi connectivity index (χ3n) is 5.37. The molecule has 2 aliphatic rings. The highest BCUT2D eigenvalue weighted by atomic mass is 16.4. The summed E-state index contributed by atoms with van der Waals surface area (Å²) in [6.07, 6.45) is 7.75. The highest BCUT2D eigenvalue weighted by Crippen LogP contribution is 2.37. The van der Waals surface area contributed by atoms with Gasteiger partial charge in [0.25, 0.3) is 0 Å². The second-order valence-electron chi connectivity index (χ2n) is 6.99. The lowest BCUT2D eigenvalue weighted by molar-refractivity contribution is -0.148. The van der Waals surface area contributed by atoms with Crippen LogP contribution in [-0.4, -0.2) is 41.6 Å². The van der Waals surface area contributed by atoms with Crippen molar-refractivity contribution in [3.05, 3.63) is 0 Å². The van der Waals surface area contributed by atoms with E-state index >= 15 is 0 Å². The predicted octanol–water partition coefficient (Wildman–Crippen LogP) is 2.85. The van der Waals surface area contributed by atoms with Crippen LogP contribution in [0.2, 0.25) is 0 Å². The number of rotatable bonds is 4. The molecule has 2 amide bonds. The van der Waals surface area contributed by atoms with E-state index in [1.54, 1.807) is 4.90 Å². The summed E-state index contributed by atoms with van der Waals surface area (Å²) in [7, 11) is 1.83. The van der Waals surface area contributed by atoms with Crippen molar-refractivity contribution in [1.82, 2.24) is 10.2 Å². The first-order valence-corrected chi connectivity index (χ1v) is 8.19. The first-order chi connectivity index (χ1) is 9.94. The number of amides is 2. The van der Waals surface area contributed by atoms with E-state index in [0.717, 1.165) is 25.7 Å². The van der Waals surface area contributed by atoms with Crippen LogP contribution < -0.4 is 5.32 Å². The molecule has 120 valence electrons. The molecule has 2 fully saturated rings. The van der Waals surface area contributed by atoms with Crippen LogP contribution in [0.5, 0.6) is 0 Å². The van der Waals surface area contributed by atoms with E-state index in [9.17, 15) is 14.7 Å². The second-order valence-corrected chi connectivity index (χ2v) is 6.99. The molecule has 2 unspecified atom stereocenters. The summed E-state index contributed by atoms with van der Waals surface area (Å²) in [6, 6.07) is 0.166. The van der Waals surface area contributed by atoms with Gasteiger partial charge in [-0.1, -0.05) is 32.6 Å². The highest BCUT2D eigenvalue weighted by molar-refractivity contribution is 5.78. The lowest BCUT2D eigenvalue weighted by Gasteiger charge is -2.35. The summed E-state index contributed by atoms with van der Waals surface area (Å²) in [5, 5.41) is 12.3. The molecule has 0 aromatic rings. The maximum absolute atomic E-state index is 12.3. The maximum Gasteiger partial charge on any atom is 0.317 e. The van der Waals surface area contributed by atoms with E-state index in [1.165, 1.54) is 12.8 Å². The molecule has 5 nitrogen and oxygen atoms in total. The highest BCUT2D eigenvalue weighted by Gasteiger charge is 2.41. The van der Waals surface area contributed by atoms with Gasteiger partial charge in [-0.05, 0) is 31.6 Å². The Balaban J connectivity index is 1.87. The molecule has 2 N–H and O–H groups in total. The van der Waals surface area contributed by atoms with E-state index in [4.69, 9.17) is 0 Å². The summed E-state index contributed by atoms with van der Waals surface area (Å²) in [5.41, 5.74) is -0.740. The van der Waals surface area contributed by atoms with Crippen LogP contribution in [-0.2, 0) is 4.79 Å². The summed E-state index contributed by atoms with van der Waals surface area (Å²) in [4.78, 5) is 25.6. The van der Waals surface area contributed by atoms with Crippen LogP contribution in [0, 0.1) is 11.3 Å². The first-order valence-electron chi connectivity index (χ1n) is 8.19. The number of hydrogen-bond donors (Lipinski definition) is 2. The van der Waals surface area contributed by atoms with Gasteiger partial charge in [-0.3, -0.25) is 4.79 Å². The van der Waals surface area contributed by atoms with E-state index in [1.807, 2.05) is 7.05 Å². The number of carbonyl (C=O) groups is 2. The van der Waals surface area contributed by atoms with Gasteiger partial charge in [0.2, 0.25) is 0 Å². The Morgan fingerprint density at radius 2 is 1.90 bits per heavy atom. The lowest BCUT2D eigenvalue weighted by Crippen LogP contribution is -2.49. The van der Waals surface area contributed by atoms with Gasteiger partial charge in [0.1, 0.15) is 0 Å². The Hall–Kier alpha value is -1.26. The van der Waals surface area contributed by atoms with Gasteiger partial charge >= 0.3 is 12.0 Å². The normalized spacial score (nSPS) is 28.1. The maximum atomic E-state index is 12.3. The van der Waals surface area contributed by atoms with E-state index in [-0.39, 0.29) is 18.6 Å². The van der Waals surface area contributed by atoms with Crippen LogP contribution in [0.4, 0.5) is 4.79 Å². The number of urea groups is 1. The second kappa shape index (κ2) is 6.67. The molecular formula is C16H28N2O3. The Kier molecular flexibility index (Phi) is 5.12. The molecule has 0 saturated heterocycles. The molecule has 0 spiro atoms. The van der Waals surface area contributed by atoms with Gasteiger partial charge in [-0.25, -0.2) is 4.79 Å². The fourth-order valence-electron chi connectivity index (χ4n) is 3.81. The van der Waals surface area contributed by atoms with Crippen molar-refractivity contribution in [2.24, 2.45) is 11.3 Å². The van der Waals surface area contributed by atoms with Gasteiger partial charge in [-0.2, -0.15) is 0 Å². The van der Waals surface area contributed by atoms with Crippen molar-refractivity contribution in [2.45, 2.75) is 64.3 Å². The molecule has 2 aliphatic carbocycles. The number of carbonyl (C=O) groups excluding carboxylic acids is 1. The molecule has 2 atom stereocenters. The zero-order valence-corrected chi connectivity index (χ0v) is 13.2. The quantitative estimate of drug-likeness (QED) is 0.838. The average molecular weight is 296 g/mol. The van der Waals surface area contributed by atoms with Crippen LogP contribution >= 0.6 is 0 Å². The molecule has 0 aliphatic heterocycles. The van der Waals surface area contributed by atoms with Crippen molar-refractivity contribution >= 4 is 12.0 Å². The molecule has 0 aromatic heterocycles. The Labute approximate surface area is 127 Å². The standard InChI is InChI=1S/C16H28N2O3/c1-12-6-5-7-13(10-12)18(2)15(21)17-11-16(14(19)20)8-3-4-9-16/h12-13H,3-11H2,1-2H3,(H,17,21)(H,19,20). The average Bonchev–Trinajstić information content (AvgIpc) is 2.94. The van der Waals surface area contributed by atoms with Gasteiger partial charge in [-0.15, -0.1) is 0 Å². The van der Waals surface area contributed by atoms with Crippen LogP contribution in [0.25, 0.3) is 0 Å². The van der Waals surface area contributed by atoms with E-state index < -0.39 is 11.4 Å². The fourth-order valence-corrected chi connectivity index (χ4v) is 3.81. The van der Waals surface area contributed by atoms with Crippen molar-refractivity contribution in [3.63, 3.8) is 0 Å². The number of hydrogen-bond acceptors (Lipinski definition) is 2. The van der Waals surface area contributed by atoms with Crippen molar-refractivity contribution in [1.29, 1.82) is 0 Å². The predicted molar refractivity (Wildman–Crippen MR) is 81.1 cm³/mol. The third kappa shape index (κ3) is 3.69. The van der Waals surface area contributed by atoms with Crippen LogP contribution in [0.15, 0.2) is 0 Å². The van der Waals surface area contributed by atoms with Crippen molar-refractivity contribution < 1.29 is 14.7 Å². The summed E-state index contributed by atoms with van der Waals surface area (Å²) >= 11 is 0. The molecule has 0 aromatic carbocycles. The van der Waals surface area contributed by atoms with E-state index in [2.05, 4.69) is 12.2 Å². The molecule has 21 heavy (non-hydrogen) atoms. The lowest BCUT2D eigenvalue weighted by atomic mass is 9.86. The Morgan fingerprint density at radius 3 is 2.48 bits per heavy atom. The van der Waals surface area contributed by atoms with Crippen LogP contribution in [0.3, 0.4) is 0 Å². The van der Waals surface area contributed by atoms with Crippen molar-refractivity contribution in [2.75, 3.05) is 13.6 Å². The summed E-state index contributed by atoms with van der Waals surface area (Å²) in [6.45, 7) is 2.49. The topological polar surface area (TPSA) is 69.6 Å². The fraction of sp³-hybridized carbons (Fsp3) is 0.875. The number of nitrogens with one attached hydrogen (secondary N) is 1. The molecule has 5 heteroatoms. The smallest absolute Gasteiger partial charge is 0.317 e. The zero-order chi connectivity index (χ0) is 15.5. The third-order valence-corrected chi connectivity index (χ3v) is 5.37. The minimum absolute atomic E-state index is 0.123. The first kappa shape index (κ1) is 16.1. The molecule has 0 bridgehead atoms. The Bertz CT molecular complexity index is 391. The largest absolute Gasteiger partial charge is 0.481 e.